The van der Waals surface area contributed by atoms with Crippen LogP contribution in [0.4, 0.5) is 10.1 Å². The number of hydrogen-bond acceptors (Lipinski definition) is 2. The van der Waals surface area contributed by atoms with Crippen LogP contribution in [0.2, 0.25) is 0 Å². The number of rotatable bonds is 3. The van der Waals surface area contributed by atoms with E-state index in [2.05, 4.69) is 5.32 Å². The van der Waals surface area contributed by atoms with E-state index in [1.165, 1.54) is 12.1 Å². The summed E-state index contributed by atoms with van der Waals surface area (Å²) in [5, 5.41) is 11.6. The summed E-state index contributed by atoms with van der Waals surface area (Å²) < 4.78 is 12.9. The molecule has 3 nitrogen and oxygen atoms in total. The third-order valence-electron chi connectivity index (χ3n) is 1.60. The average molecular weight is 197 g/mol. The van der Waals surface area contributed by atoms with Crippen molar-refractivity contribution in [3.05, 3.63) is 29.6 Å². The zero-order valence-electron chi connectivity index (χ0n) is 8.04. The van der Waals surface area contributed by atoms with Gasteiger partial charge in [-0.2, -0.15) is 0 Å². The van der Waals surface area contributed by atoms with E-state index in [1.54, 1.807) is 0 Å². The zero-order chi connectivity index (χ0) is 10.7. The van der Waals surface area contributed by atoms with Gasteiger partial charge in [0.25, 0.3) is 0 Å². The lowest BCUT2D eigenvalue weighted by Gasteiger charge is -2.10. The summed E-state index contributed by atoms with van der Waals surface area (Å²) in [4.78, 5) is 10.6. The quantitative estimate of drug-likeness (QED) is 0.781. The lowest BCUT2D eigenvalue weighted by molar-refractivity contribution is 0.0696. The molecule has 1 rings (SSSR count). The van der Waals surface area contributed by atoms with E-state index in [9.17, 15) is 9.18 Å². The van der Waals surface area contributed by atoms with Gasteiger partial charge in [-0.25, -0.2) is 9.18 Å². The first-order valence-electron chi connectivity index (χ1n) is 4.29. The number of carboxylic acids is 1. The molecule has 1 aromatic carbocycles. The van der Waals surface area contributed by atoms with Crippen LogP contribution in [0.25, 0.3) is 0 Å². The van der Waals surface area contributed by atoms with Crippen LogP contribution in [-0.4, -0.2) is 17.1 Å². The summed E-state index contributed by atoms with van der Waals surface area (Å²) in [5.74, 6) is -1.68. The number of anilines is 1. The average Bonchev–Trinajstić information content (AvgIpc) is 2.01. The van der Waals surface area contributed by atoms with E-state index in [0.29, 0.717) is 5.69 Å². The van der Waals surface area contributed by atoms with Gasteiger partial charge in [0.2, 0.25) is 0 Å². The van der Waals surface area contributed by atoms with Gasteiger partial charge in [-0.05, 0) is 32.0 Å². The standard InChI is InChI=1S/C10H12FNO2/c1-6(2)12-9-4-7(10(13)14)3-8(11)5-9/h3-6,12H,1-2H3,(H,13,14). The Labute approximate surface area is 81.6 Å². The molecule has 0 spiro atoms. The van der Waals surface area contributed by atoms with Crippen molar-refractivity contribution in [1.29, 1.82) is 0 Å². The SMILES string of the molecule is CC(C)Nc1cc(F)cc(C(=O)O)c1. The second kappa shape index (κ2) is 4.09. The van der Waals surface area contributed by atoms with E-state index in [-0.39, 0.29) is 11.6 Å². The largest absolute Gasteiger partial charge is 0.478 e. The van der Waals surface area contributed by atoms with Crippen molar-refractivity contribution in [2.45, 2.75) is 19.9 Å². The molecule has 0 saturated heterocycles. The number of carboxylic acid groups (broad SMARTS) is 1. The molecule has 0 bridgehead atoms. The summed E-state index contributed by atoms with van der Waals surface area (Å²) in [5.41, 5.74) is 0.436. The van der Waals surface area contributed by atoms with Crippen LogP contribution >= 0.6 is 0 Å². The molecule has 0 unspecified atom stereocenters. The predicted octanol–water partition coefficient (Wildman–Crippen LogP) is 2.34. The van der Waals surface area contributed by atoms with Crippen LogP contribution in [0, 0.1) is 5.82 Å². The first kappa shape index (κ1) is 10.5. The summed E-state index contributed by atoms with van der Waals surface area (Å²) in [7, 11) is 0. The van der Waals surface area contributed by atoms with Crippen LogP contribution in [0.3, 0.4) is 0 Å². The van der Waals surface area contributed by atoms with Crippen molar-refractivity contribution in [3.63, 3.8) is 0 Å². The molecule has 0 amide bonds. The molecule has 14 heavy (non-hydrogen) atoms. The topological polar surface area (TPSA) is 49.3 Å². The van der Waals surface area contributed by atoms with Crippen LogP contribution in [0.1, 0.15) is 24.2 Å². The van der Waals surface area contributed by atoms with Crippen molar-refractivity contribution in [1.82, 2.24) is 0 Å². The Balaban J connectivity index is 3.01. The highest BCUT2D eigenvalue weighted by molar-refractivity contribution is 5.88. The van der Waals surface area contributed by atoms with E-state index >= 15 is 0 Å². The first-order chi connectivity index (χ1) is 6.49. The predicted molar refractivity (Wildman–Crippen MR) is 52.1 cm³/mol. The van der Waals surface area contributed by atoms with E-state index in [4.69, 9.17) is 5.11 Å². The maximum absolute atomic E-state index is 12.9. The molecular formula is C10H12FNO2. The Morgan fingerprint density at radius 1 is 1.43 bits per heavy atom. The van der Waals surface area contributed by atoms with Gasteiger partial charge < -0.3 is 10.4 Å². The zero-order valence-corrected chi connectivity index (χ0v) is 8.04. The molecule has 0 atom stereocenters. The maximum atomic E-state index is 12.9. The number of benzene rings is 1. The summed E-state index contributed by atoms with van der Waals surface area (Å²) in [6, 6.07) is 3.81. The number of carbonyl (C=O) groups is 1. The van der Waals surface area contributed by atoms with E-state index in [0.717, 1.165) is 6.07 Å². The van der Waals surface area contributed by atoms with Gasteiger partial charge in [-0.1, -0.05) is 0 Å². The van der Waals surface area contributed by atoms with Gasteiger partial charge in [0.05, 0.1) is 5.56 Å². The number of hydrogen-bond donors (Lipinski definition) is 2. The van der Waals surface area contributed by atoms with Crippen molar-refractivity contribution in [2.24, 2.45) is 0 Å². The Morgan fingerprint density at radius 3 is 2.57 bits per heavy atom. The van der Waals surface area contributed by atoms with E-state index in [1.807, 2.05) is 13.8 Å². The lowest BCUT2D eigenvalue weighted by atomic mass is 10.2. The fourth-order valence-corrected chi connectivity index (χ4v) is 1.13. The van der Waals surface area contributed by atoms with Gasteiger partial charge in [0.1, 0.15) is 5.82 Å². The highest BCUT2D eigenvalue weighted by Gasteiger charge is 2.07. The molecule has 0 aromatic heterocycles. The number of aromatic carboxylic acids is 1. The van der Waals surface area contributed by atoms with Gasteiger partial charge in [-0.3, -0.25) is 0 Å². The van der Waals surface area contributed by atoms with E-state index < -0.39 is 11.8 Å². The molecule has 2 N–H and O–H groups in total. The summed E-state index contributed by atoms with van der Waals surface area (Å²) in [6.07, 6.45) is 0. The second-order valence-corrected chi connectivity index (χ2v) is 3.33. The summed E-state index contributed by atoms with van der Waals surface area (Å²) >= 11 is 0. The van der Waals surface area contributed by atoms with Crippen molar-refractivity contribution < 1.29 is 14.3 Å². The number of nitrogens with one attached hydrogen (secondary N) is 1. The molecule has 76 valence electrons. The van der Waals surface area contributed by atoms with Gasteiger partial charge >= 0.3 is 5.97 Å². The van der Waals surface area contributed by atoms with Crippen molar-refractivity contribution >= 4 is 11.7 Å². The minimum absolute atomic E-state index is 0.0480. The third-order valence-corrected chi connectivity index (χ3v) is 1.60. The van der Waals surface area contributed by atoms with Crippen molar-refractivity contribution in [2.75, 3.05) is 5.32 Å². The Kier molecular flexibility index (Phi) is 3.06. The number of halogens is 1. The second-order valence-electron chi connectivity index (χ2n) is 3.33. The molecule has 0 aliphatic heterocycles. The Morgan fingerprint density at radius 2 is 2.07 bits per heavy atom. The molecule has 0 fully saturated rings. The van der Waals surface area contributed by atoms with Crippen LogP contribution in [-0.2, 0) is 0 Å². The Bertz CT molecular complexity index is 350. The normalized spacial score (nSPS) is 10.3. The molecule has 1 aromatic rings. The smallest absolute Gasteiger partial charge is 0.335 e. The monoisotopic (exact) mass is 197 g/mol. The molecule has 0 aliphatic carbocycles. The molecule has 4 heteroatoms. The highest BCUT2D eigenvalue weighted by Crippen LogP contribution is 2.14. The van der Waals surface area contributed by atoms with Gasteiger partial charge in [0.15, 0.2) is 0 Å². The fraction of sp³-hybridized carbons (Fsp3) is 0.300. The van der Waals surface area contributed by atoms with Crippen LogP contribution in [0.15, 0.2) is 18.2 Å². The molecule has 0 saturated carbocycles. The van der Waals surface area contributed by atoms with Gasteiger partial charge in [0, 0.05) is 11.7 Å². The molecule has 0 radical (unpaired) electrons. The van der Waals surface area contributed by atoms with Crippen LogP contribution in [0.5, 0.6) is 0 Å². The molecular weight excluding hydrogens is 185 g/mol. The minimum atomic E-state index is -1.13. The third kappa shape index (κ3) is 2.73. The van der Waals surface area contributed by atoms with Crippen LogP contribution < -0.4 is 5.32 Å². The summed E-state index contributed by atoms with van der Waals surface area (Å²) in [6.45, 7) is 3.79. The Hall–Kier alpha value is -1.58. The van der Waals surface area contributed by atoms with Crippen molar-refractivity contribution in [3.8, 4) is 0 Å². The first-order valence-corrected chi connectivity index (χ1v) is 4.29. The highest BCUT2D eigenvalue weighted by atomic mass is 19.1. The molecule has 0 heterocycles. The lowest BCUT2D eigenvalue weighted by Crippen LogP contribution is -2.10. The minimum Gasteiger partial charge on any atom is -0.478 e. The molecule has 0 aliphatic rings. The maximum Gasteiger partial charge on any atom is 0.335 e. The fourth-order valence-electron chi connectivity index (χ4n) is 1.13. The van der Waals surface area contributed by atoms with Gasteiger partial charge in [-0.15, -0.1) is 0 Å².